The molecule has 0 saturated carbocycles. The van der Waals surface area contributed by atoms with Gasteiger partial charge in [0, 0.05) is 48.4 Å². The lowest BCUT2D eigenvalue weighted by Gasteiger charge is -2.08. The molecule has 12 aromatic rings. The number of aryl methyl sites for hydroxylation is 8. The summed E-state index contributed by atoms with van der Waals surface area (Å²) < 4.78 is 79.0. The molecular formula is C96H76F4O8. The molecule has 0 N–H and O–H groups in total. The normalized spacial score (nSPS) is 10.3. The average Bonchev–Trinajstić information content (AvgIpc) is 0.825. The van der Waals surface area contributed by atoms with Crippen molar-refractivity contribution >= 4 is 23.9 Å². The Morgan fingerprint density at radius 3 is 0.944 bits per heavy atom. The second-order valence-corrected chi connectivity index (χ2v) is 25.2. The number of carbonyl (C=O) groups is 4. The molecular weight excluding hydrogens is 1360 g/mol. The molecule has 0 radical (unpaired) electrons. The zero-order chi connectivity index (χ0) is 76.9. The minimum atomic E-state index is -0.589. The lowest BCUT2D eigenvalue weighted by Crippen LogP contribution is -2.09. The van der Waals surface area contributed by atoms with E-state index in [0.29, 0.717) is 88.1 Å². The van der Waals surface area contributed by atoms with Crippen LogP contribution in [0.4, 0.5) is 17.6 Å². The molecule has 0 saturated heterocycles. The summed E-state index contributed by atoms with van der Waals surface area (Å²) in [5.74, 6) is 7.45. The molecule has 0 amide bonds. The van der Waals surface area contributed by atoms with E-state index in [-0.39, 0.29) is 22.9 Å². The second kappa shape index (κ2) is 39.4. The number of terminal acetylenes is 4. The summed E-state index contributed by atoms with van der Waals surface area (Å²) in [5.41, 5.74) is 15.0. The highest BCUT2D eigenvalue weighted by Crippen LogP contribution is 2.32. The van der Waals surface area contributed by atoms with Gasteiger partial charge >= 0.3 is 23.9 Å². The van der Waals surface area contributed by atoms with Crippen molar-refractivity contribution in [2.75, 3.05) is 0 Å². The van der Waals surface area contributed by atoms with Crippen LogP contribution in [-0.2, 0) is 25.7 Å². The van der Waals surface area contributed by atoms with E-state index in [0.717, 1.165) is 80.5 Å². The van der Waals surface area contributed by atoms with Gasteiger partial charge in [0.2, 0.25) is 0 Å². The standard InChI is InChI=1S/4C24H19FO2/c1-3-4-5-18-8-15-22(23(25)16-18)19-9-11-20(12-10-19)24(26)27-21-13-6-17(2)7-14-21;1-3-4-5-18-8-10-19(11-9-18)22-15-12-20(16-23(22)25)24(26)27-21-13-6-17(2)7-14-21;1-3-4-5-18-8-12-19(13-9-18)22-15-14-21(16-23(22)25)27-24(26)20-10-6-17(2)7-11-20;1-3-4-5-18-8-12-19(13-9-18)21-14-15-23(22(25)16-21)27-24(26)20-10-6-17(2)7-11-20/h4*1,6-16H,4-5H2,2H3. The first-order chi connectivity index (χ1) is 52.3. The van der Waals surface area contributed by atoms with E-state index in [1.807, 2.05) is 155 Å². The van der Waals surface area contributed by atoms with E-state index in [9.17, 15) is 36.7 Å². The lowest BCUT2D eigenvalue weighted by atomic mass is 10.0. The van der Waals surface area contributed by atoms with Crippen LogP contribution in [0.15, 0.2) is 267 Å². The summed E-state index contributed by atoms with van der Waals surface area (Å²) in [6.07, 6.45) is 26.8. The fourth-order valence-electron chi connectivity index (χ4n) is 10.8. The Bertz CT molecular complexity index is 5250. The quantitative estimate of drug-likeness (QED) is 0.0322. The molecule has 0 unspecified atom stereocenters. The Balaban J connectivity index is 0.000000166. The number of hydrogen-bond donors (Lipinski definition) is 0. The Morgan fingerprint density at radius 2 is 0.556 bits per heavy atom. The highest BCUT2D eigenvalue weighted by molar-refractivity contribution is 5.93. The van der Waals surface area contributed by atoms with Crippen molar-refractivity contribution in [3.63, 3.8) is 0 Å². The molecule has 0 aliphatic carbocycles. The van der Waals surface area contributed by atoms with Gasteiger partial charge in [-0.1, -0.05) is 180 Å². The topological polar surface area (TPSA) is 105 Å². The van der Waals surface area contributed by atoms with Crippen LogP contribution in [0.3, 0.4) is 0 Å². The number of ether oxygens (including phenoxy) is 4. The van der Waals surface area contributed by atoms with Crippen LogP contribution in [-0.4, -0.2) is 23.9 Å². The van der Waals surface area contributed by atoms with E-state index in [1.165, 1.54) is 30.3 Å². The number of benzene rings is 12. The van der Waals surface area contributed by atoms with E-state index in [1.54, 1.807) is 109 Å². The van der Waals surface area contributed by atoms with Crippen LogP contribution in [0, 0.1) is 100 Å². The average molecular weight is 1430 g/mol. The van der Waals surface area contributed by atoms with Crippen LogP contribution in [0.1, 0.15) is 112 Å². The van der Waals surface area contributed by atoms with Crippen LogP contribution in [0.25, 0.3) is 44.5 Å². The Labute approximate surface area is 629 Å². The summed E-state index contributed by atoms with van der Waals surface area (Å²) in [6, 6.07) is 76.5. The molecule has 0 heterocycles. The van der Waals surface area contributed by atoms with E-state index < -0.39 is 41.3 Å². The first-order valence-electron chi connectivity index (χ1n) is 34.7. The molecule has 0 fully saturated rings. The highest BCUT2D eigenvalue weighted by Gasteiger charge is 2.18. The third kappa shape index (κ3) is 23.2. The van der Waals surface area contributed by atoms with Crippen LogP contribution < -0.4 is 18.9 Å². The van der Waals surface area contributed by atoms with Crippen LogP contribution in [0.5, 0.6) is 23.0 Å². The van der Waals surface area contributed by atoms with Gasteiger partial charge in [-0.2, -0.15) is 0 Å². The minimum absolute atomic E-state index is 0.0880. The molecule has 0 spiro atoms. The molecule has 8 nitrogen and oxygen atoms in total. The number of esters is 4. The summed E-state index contributed by atoms with van der Waals surface area (Å²) in [4.78, 5) is 48.8. The molecule has 536 valence electrons. The number of carbonyl (C=O) groups excluding carboxylic acids is 4. The maximum Gasteiger partial charge on any atom is 0.343 e. The van der Waals surface area contributed by atoms with Gasteiger partial charge in [-0.25, -0.2) is 36.7 Å². The van der Waals surface area contributed by atoms with Gasteiger partial charge in [0.15, 0.2) is 11.6 Å². The third-order valence-corrected chi connectivity index (χ3v) is 17.0. The van der Waals surface area contributed by atoms with Crippen LogP contribution >= 0.6 is 0 Å². The molecule has 0 bridgehead atoms. The van der Waals surface area contributed by atoms with Gasteiger partial charge in [-0.3, -0.25) is 0 Å². The van der Waals surface area contributed by atoms with Crippen molar-refractivity contribution in [3.8, 4) is 117 Å². The monoisotopic (exact) mass is 1430 g/mol. The molecule has 12 rings (SSSR count). The fraction of sp³-hybridized carbons (Fsp3) is 0.125. The zero-order valence-electron chi connectivity index (χ0n) is 60.1. The van der Waals surface area contributed by atoms with Gasteiger partial charge in [0.05, 0.1) is 22.3 Å². The van der Waals surface area contributed by atoms with Crippen molar-refractivity contribution in [1.82, 2.24) is 0 Å². The predicted molar refractivity (Wildman–Crippen MR) is 421 cm³/mol. The fourth-order valence-corrected chi connectivity index (χ4v) is 10.8. The van der Waals surface area contributed by atoms with Crippen molar-refractivity contribution in [3.05, 3.63) is 357 Å². The molecule has 0 aliphatic heterocycles. The molecule has 12 aromatic carbocycles. The van der Waals surface area contributed by atoms with Gasteiger partial charge in [-0.05, 0) is 207 Å². The maximum absolute atomic E-state index is 14.6. The number of halogens is 4. The van der Waals surface area contributed by atoms with Crippen molar-refractivity contribution in [2.24, 2.45) is 0 Å². The summed E-state index contributed by atoms with van der Waals surface area (Å²) in [5, 5.41) is 0. The van der Waals surface area contributed by atoms with Gasteiger partial charge < -0.3 is 18.9 Å². The molecule has 0 aromatic heterocycles. The summed E-state index contributed by atoms with van der Waals surface area (Å²) in [7, 11) is 0. The first kappa shape index (κ1) is 78.6. The maximum atomic E-state index is 14.6. The SMILES string of the molecule is C#CCCc1ccc(-c2ccc(C(=O)Oc3ccc(C)cc3)cc2)c(F)c1.C#CCCc1ccc(-c2ccc(C(=O)Oc3ccc(C)cc3)cc2F)cc1.C#CCCc1ccc(-c2ccc(OC(=O)c3ccc(C)cc3)c(F)c2)cc1.C#CCCc1ccc(-c2ccc(OC(=O)c3ccc(C)cc3)cc2F)cc1. The Kier molecular flexibility index (Phi) is 28.7. The van der Waals surface area contributed by atoms with E-state index in [2.05, 4.69) is 23.7 Å². The molecule has 0 atom stereocenters. The van der Waals surface area contributed by atoms with E-state index in [4.69, 9.17) is 44.6 Å². The van der Waals surface area contributed by atoms with Crippen molar-refractivity contribution in [1.29, 1.82) is 0 Å². The Morgan fingerprint density at radius 1 is 0.269 bits per heavy atom. The smallest absolute Gasteiger partial charge is 0.343 e. The van der Waals surface area contributed by atoms with E-state index >= 15 is 0 Å². The Hall–Kier alpha value is -13.5. The summed E-state index contributed by atoms with van der Waals surface area (Å²) in [6.45, 7) is 7.77. The van der Waals surface area contributed by atoms with Crippen molar-refractivity contribution in [2.45, 2.75) is 79.1 Å². The number of rotatable bonds is 20. The second-order valence-electron chi connectivity index (χ2n) is 25.2. The molecule has 108 heavy (non-hydrogen) atoms. The lowest BCUT2D eigenvalue weighted by molar-refractivity contribution is 0.0720. The zero-order valence-corrected chi connectivity index (χ0v) is 60.1. The largest absolute Gasteiger partial charge is 0.423 e. The predicted octanol–water partition coefficient (Wildman–Crippen LogP) is 22.3. The van der Waals surface area contributed by atoms with Gasteiger partial charge in [0.1, 0.15) is 34.7 Å². The highest BCUT2D eigenvalue weighted by atomic mass is 19.1. The number of hydrogen-bond acceptors (Lipinski definition) is 8. The minimum Gasteiger partial charge on any atom is -0.423 e. The third-order valence-electron chi connectivity index (χ3n) is 17.0. The van der Waals surface area contributed by atoms with Gasteiger partial charge in [0.25, 0.3) is 0 Å². The molecule has 12 heteroatoms. The molecule has 0 aliphatic rings. The van der Waals surface area contributed by atoms with Crippen LogP contribution in [0.2, 0.25) is 0 Å². The van der Waals surface area contributed by atoms with Crippen molar-refractivity contribution < 1.29 is 55.7 Å². The first-order valence-corrected chi connectivity index (χ1v) is 34.7. The summed E-state index contributed by atoms with van der Waals surface area (Å²) >= 11 is 0. The van der Waals surface area contributed by atoms with Gasteiger partial charge in [-0.15, -0.1) is 49.4 Å².